The minimum absolute atomic E-state index is 0.148. The van der Waals surface area contributed by atoms with Gasteiger partial charge in [0.15, 0.2) is 0 Å². The van der Waals surface area contributed by atoms with E-state index in [0.717, 1.165) is 13.1 Å². The van der Waals surface area contributed by atoms with Gasteiger partial charge in [0.1, 0.15) is 0 Å². The smallest absolute Gasteiger partial charge is 0.0635 e. The highest BCUT2D eigenvalue weighted by Crippen LogP contribution is 2.19. The molecule has 0 saturated heterocycles. The summed E-state index contributed by atoms with van der Waals surface area (Å²) in [7, 11) is 1.68. The molecule has 4 heteroatoms. The van der Waals surface area contributed by atoms with Crippen LogP contribution in [0.2, 0.25) is 0 Å². The molecule has 0 bridgehead atoms. The van der Waals surface area contributed by atoms with Crippen LogP contribution in [-0.4, -0.2) is 38.3 Å². The molecule has 0 fully saturated rings. The van der Waals surface area contributed by atoms with E-state index in [1.54, 1.807) is 7.11 Å². The van der Waals surface area contributed by atoms with Crippen molar-refractivity contribution in [2.75, 3.05) is 33.4 Å². The minimum Gasteiger partial charge on any atom is -0.383 e. The molecule has 0 aliphatic rings. The zero-order chi connectivity index (χ0) is 13.2. The molecule has 1 aromatic carbocycles. The Hall–Kier alpha value is -1.41. The molecule has 0 aliphatic heterocycles. The molecule has 0 heterocycles. The van der Waals surface area contributed by atoms with Crippen LogP contribution in [0.25, 0.3) is 0 Å². The second kappa shape index (κ2) is 8.65. The van der Waals surface area contributed by atoms with Gasteiger partial charge >= 0.3 is 0 Å². The van der Waals surface area contributed by atoms with Crippen molar-refractivity contribution < 1.29 is 4.74 Å². The summed E-state index contributed by atoms with van der Waals surface area (Å²) < 4.78 is 5.12. The lowest BCUT2D eigenvalue weighted by Gasteiger charge is -2.30. The quantitative estimate of drug-likeness (QED) is 0.757. The van der Waals surface area contributed by atoms with Gasteiger partial charge < -0.3 is 10.5 Å². The molecule has 1 aromatic rings. The van der Waals surface area contributed by atoms with Gasteiger partial charge in [0.2, 0.25) is 0 Å². The number of nitrogens with two attached hydrogens (primary N) is 1. The Morgan fingerprint density at radius 1 is 1.33 bits per heavy atom. The fourth-order valence-electron chi connectivity index (χ4n) is 2.00. The van der Waals surface area contributed by atoms with Crippen molar-refractivity contribution in [3.8, 4) is 6.07 Å². The molecule has 0 spiro atoms. The van der Waals surface area contributed by atoms with E-state index < -0.39 is 0 Å². The fourth-order valence-corrected chi connectivity index (χ4v) is 2.00. The molecule has 1 rings (SSSR count). The second-order valence-electron chi connectivity index (χ2n) is 4.10. The Balaban J connectivity index is 2.76. The number of nitriles is 1. The first kappa shape index (κ1) is 14.7. The highest BCUT2D eigenvalue weighted by atomic mass is 16.5. The van der Waals surface area contributed by atoms with E-state index in [-0.39, 0.29) is 6.04 Å². The van der Waals surface area contributed by atoms with E-state index in [9.17, 15) is 0 Å². The number of hydrogen-bond acceptors (Lipinski definition) is 4. The summed E-state index contributed by atoms with van der Waals surface area (Å²) >= 11 is 0. The van der Waals surface area contributed by atoms with Crippen LogP contribution in [-0.2, 0) is 4.74 Å². The van der Waals surface area contributed by atoms with Crippen molar-refractivity contribution in [2.24, 2.45) is 5.73 Å². The number of nitrogens with zero attached hydrogens (tertiary/aromatic N) is 2. The van der Waals surface area contributed by atoms with Gasteiger partial charge in [0.25, 0.3) is 0 Å². The average Bonchev–Trinajstić information content (AvgIpc) is 2.43. The highest BCUT2D eigenvalue weighted by molar-refractivity contribution is 5.19. The van der Waals surface area contributed by atoms with Crippen LogP contribution < -0.4 is 5.73 Å². The third-order valence-electron chi connectivity index (χ3n) is 2.94. The maximum Gasteiger partial charge on any atom is 0.0635 e. The van der Waals surface area contributed by atoms with Crippen LogP contribution in [0, 0.1) is 11.3 Å². The van der Waals surface area contributed by atoms with Gasteiger partial charge in [0, 0.05) is 39.2 Å². The summed E-state index contributed by atoms with van der Waals surface area (Å²) in [6.07, 6.45) is 0.507. The summed E-state index contributed by atoms with van der Waals surface area (Å²) in [4.78, 5) is 2.21. The van der Waals surface area contributed by atoms with Crippen molar-refractivity contribution in [1.29, 1.82) is 5.26 Å². The number of benzene rings is 1. The standard InChI is InChI=1S/C14H21N3O/c1-18-11-10-17(9-5-8-15)14(12-16)13-6-3-2-4-7-13/h2-4,6-7,14H,5,9-12,16H2,1H3. The molecule has 18 heavy (non-hydrogen) atoms. The summed E-state index contributed by atoms with van der Waals surface area (Å²) in [5.74, 6) is 0. The lowest BCUT2D eigenvalue weighted by molar-refractivity contribution is 0.123. The second-order valence-corrected chi connectivity index (χ2v) is 4.10. The van der Waals surface area contributed by atoms with Gasteiger partial charge in [0.05, 0.1) is 12.7 Å². The molecule has 0 aliphatic carbocycles. The lowest BCUT2D eigenvalue weighted by atomic mass is 10.1. The highest BCUT2D eigenvalue weighted by Gasteiger charge is 2.18. The minimum atomic E-state index is 0.148. The predicted molar refractivity (Wildman–Crippen MR) is 71.9 cm³/mol. The number of hydrogen-bond donors (Lipinski definition) is 1. The molecule has 1 atom stereocenters. The number of ether oxygens (including phenoxy) is 1. The maximum atomic E-state index is 8.73. The molecule has 4 nitrogen and oxygen atoms in total. The van der Waals surface area contributed by atoms with Crippen molar-refractivity contribution in [1.82, 2.24) is 4.90 Å². The zero-order valence-electron chi connectivity index (χ0n) is 10.9. The van der Waals surface area contributed by atoms with Gasteiger partial charge in [-0.1, -0.05) is 30.3 Å². The number of rotatable bonds is 8. The molecule has 1 unspecified atom stereocenters. The van der Waals surface area contributed by atoms with Crippen molar-refractivity contribution >= 4 is 0 Å². The van der Waals surface area contributed by atoms with Gasteiger partial charge in [-0.05, 0) is 5.56 Å². The molecule has 0 radical (unpaired) electrons. The van der Waals surface area contributed by atoms with Gasteiger partial charge in [-0.2, -0.15) is 5.26 Å². The summed E-state index contributed by atoms with van der Waals surface area (Å²) in [6, 6.07) is 12.5. The largest absolute Gasteiger partial charge is 0.383 e. The van der Waals surface area contributed by atoms with E-state index in [0.29, 0.717) is 19.6 Å². The van der Waals surface area contributed by atoms with E-state index in [1.165, 1.54) is 5.56 Å². The van der Waals surface area contributed by atoms with Gasteiger partial charge in [-0.15, -0.1) is 0 Å². The monoisotopic (exact) mass is 247 g/mol. The van der Waals surface area contributed by atoms with Crippen LogP contribution in [0.4, 0.5) is 0 Å². The van der Waals surface area contributed by atoms with Crippen molar-refractivity contribution in [3.63, 3.8) is 0 Å². The molecule has 0 saturated carbocycles. The van der Waals surface area contributed by atoms with E-state index in [1.807, 2.05) is 18.2 Å². The first-order valence-corrected chi connectivity index (χ1v) is 6.18. The molecule has 98 valence electrons. The van der Waals surface area contributed by atoms with Gasteiger partial charge in [-0.25, -0.2) is 0 Å². The normalized spacial score (nSPS) is 12.3. The first-order valence-electron chi connectivity index (χ1n) is 6.18. The van der Waals surface area contributed by atoms with E-state index in [2.05, 4.69) is 23.1 Å². The number of methoxy groups -OCH3 is 1. The zero-order valence-corrected chi connectivity index (χ0v) is 10.9. The van der Waals surface area contributed by atoms with Crippen molar-refractivity contribution in [2.45, 2.75) is 12.5 Å². The molecule has 2 N–H and O–H groups in total. The Kier molecular flexibility index (Phi) is 7.04. The van der Waals surface area contributed by atoms with Crippen LogP contribution >= 0.6 is 0 Å². The molecular weight excluding hydrogens is 226 g/mol. The molecular formula is C14H21N3O. The molecule has 0 amide bonds. The van der Waals surface area contributed by atoms with Crippen LogP contribution in [0.1, 0.15) is 18.0 Å². The predicted octanol–water partition coefficient (Wildman–Crippen LogP) is 1.55. The molecule has 0 aromatic heterocycles. The Morgan fingerprint density at radius 3 is 2.61 bits per heavy atom. The van der Waals surface area contributed by atoms with Crippen molar-refractivity contribution in [3.05, 3.63) is 35.9 Å². The topological polar surface area (TPSA) is 62.3 Å². The van der Waals surface area contributed by atoms with Crippen LogP contribution in [0.5, 0.6) is 0 Å². The van der Waals surface area contributed by atoms with E-state index >= 15 is 0 Å². The Bertz CT molecular complexity index is 361. The lowest BCUT2D eigenvalue weighted by Crippen LogP contribution is -2.36. The van der Waals surface area contributed by atoms with E-state index in [4.69, 9.17) is 15.7 Å². The Morgan fingerprint density at radius 2 is 2.06 bits per heavy atom. The van der Waals surface area contributed by atoms with Crippen LogP contribution in [0.3, 0.4) is 0 Å². The third kappa shape index (κ3) is 4.46. The maximum absolute atomic E-state index is 8.73. The fraction of sp³-hybridized carbons (Fsp3) is 0.500. The summed E-state index contributed by atoms with van der Waals surface area (Å²) in [5.41, 5.74) is 7.07. The average molecular weight is 247 g/mol. The summed E-state index contributed by atoms with van der Waals surface area (Å²) in [5, 5.41) is 8.73. The SMILES string of the molecule is COCCN(CCC#N)C(CN)c1ccccc1. The summed E-state index contributed by atoms with van der Waals surface area (Å²) in [6.45, 7) is 2.69. The third-order valence-corrected chi connectivity index (χ3v) is 2.94. The van der Waals surface area contributed by atoms with Crippen LogP contribution in [0.15, 0.2) is 30.3 Å². The first-order chi connectivity index (χ1) is 8.83. The van der Waals surface area contributed by atoms with Gasteiger partial charge in [-0.3, -0.25) is 4.90 Å². The Labute approximate surface area is 109 Å².